The maximum atomic E-state index is 12.5. The van der Waals surface area contributed by atoms with Gasteiger partial charge in [-0.2, -0.15) is 0 Å². The zero-order valence-corrected chi connectivity index (χ0v) is 19.1. The summed E-state index contributed by atoms with van der Waals surface area (Å²) >= 11 is 4.05. The number of aromatic nitrogens is 2. The summed E-state index contributed by atoms with van der Waals surface area (Å²) in [4.78, 5) is 39.5. The van der Waals surface area contributed by atoms with E-state index in [0.717, 1.165) is 49.0 Å². The van der Waals surface area contributed by atoms with Crippen LogP contribution in [0, 0.1) is 0 Å². The smallest absolute Gasteiger partial charge is 0.251 e. The fourth-order valence-corrected chi connectivity index (χ4v) is 6.57. The van der Waals surface area contributed by atoms with Crippen molar-refractivity contribution in [3.63, 3.8) is 0 Å². The number of carbonyl (C=O) groups excluding carboxylic acids is 3. The first-order chi connectivity index (χ1) is 14.5. The molecule has 0 aromatic carbocycles. The summed E-state index contributed by atoms with van der Waals surface area (Å²) in [6, 6.07) is 0.226. The third-order valence-corrected chi connectivity index (χ3v) is 8.35. The molecule has 0 atom stereocenters. The maximum absolute atomic E-state index is 12.5. The van der Waals surface area contributed by atoms with E-state index in [1.807, 2.05) is 6.92 Å². The van der Waals surface area contributed by atoms with Gasteiger partial charge in [-0.15, -0.1) is 21.5 Å². The van der Waals surface area contributed by atoms with Crippen LogP contribution in [0.1, 0.15) is 59.8 Å². The summed E-state index contributed by atoms with van der Waals surface area (Å²) in [7, 11) is 0. The molecule has 1 saturated carbocycles. The van der Waals surface area contributed by atoms with Crippen molar-refractivity contribution in [2.75, 3.05) is 16.0 Å². The lowest BCUT2D eigenvalue weighted by Gasteiger charge is -2.17. The van der Waals surface area contributed by atoms with Crippen LogP contribution in [0.25, 0.3) is 0 Å². The summed E-state index contributed by atoms with van der Waals surface area (Å²) in [6.45, 7) is 1.83. The molecule has 1 fully saturated rings. The van der Waals surface area contributed by atoms with Gasteiger partial charge in [0.15, 0.2) is 4.34 Å². The molecular weight excluding hydrogens is 442 g/mol. The molecule has 3 N–H and O–H groups in total. The molecule has 0 saturated heterocycles. The lowest BCUT2D eigenvalue weighted by Crippen LogP contribution is -2.32. The van der Waals surface area contributed by atoms with Crippen LogP contribution >= 0.6 is 34.4 Å². The fraction of sp³-hybridized carbons (Fsp3) is 0.526. The molecule has 0 bridgehead atoms. The maximum Gasteiger partial charge on any atom is 0.251 e. The first-order valence-corrected chi connectivity index (χ1v) is 12.6. The number of aryl methyl sites for hydroxylation is 1. The van der Waals surface area contributed by atoms with Crippen LogP contribution < -0.4 is 16.0 Å². The highest BCUT2D eigenvalue weighted by Crippen LogP contribution is 2.39. The zero-order chi connectivity index (χ0) is 21.3. The molecule has 0 radical (unpaired) electrons. The minimum Gasteiger partial charge on any atom is -0.365 e. The van der Waals surface area contributed by atoms with E-state index in [2.05, 4.69) is 15.5 Å². The summed E-state index contributed by atoms with van der Waals surface area (Å²) in [6.07, 6.45) is 6.28. The number of hydrogen-bond acceptors (Lipinski definition) is 8. The second-order valence-electron chi connectivity index (χ2n) is 7.32. The van der Waals surface area contributed by atoms with Gasteiger partial charge in [0, 0.05) is 17.3 Å². The van der Waals surface area contributed by atoms with Gasteiger partial charge in [0.05, 0.1) is 11.3 Å². The molecule has 2 aromatic heterocycles. The highest BCUT2D eigenvalue weighted by atomic mass is 32.2. The van der Waals surface area contributed by atoms with Crippen LogP contribution in [0.5, 0.6) is 0 Å². The van der Waals surface area contributed by atoms with Crippen molar-refractivity contribution in [1.82, 2.24) is 10.2 Å². The van der Waals surface area contributed by atoms with E-state index in [-0.39, 0.29) is 23.6 Å². The minimum absolute atomic E-state index is 0.0450. The van der Waals surface area contributed by atoms with Crippen molar-refractivity contribution >= 4 is 62.3 Å². The predicted octanol–water partition coefficient (Wildman–Crippen LogP) is 3.21. The fourth-order valence-electron chi connectivity index (χ4n) is 3.53. The first-order valence-electron chi connectivity index (χ1n) is 10.0. The molecule has 0 unspecified atom stereocenters. The minimum atomic E-state index is -0.494. The van der Waals surface area contributed by atoms with E-state index in [4.69, 9.17) is 5.73 Å². The average Bonchev–Trinajstić information content (AvgIpc) is 3.32. The van der Waals surface area contributed by atoms with E-state index in [0.29, 0.717) is 26.5 Å². The van der Waals surface area contributed by atoms with Gasteiger partial charge in [0.1, 0.15) is 5.00 Å². The third kappa shape index (κ3) is 4.52. The van der Waals surface area contributed by atoms with Gasteiger partial charge in [0.25, 0.3) is 5.91 Å². The number of thioether (sulfide) groups is 1. The van der Waals surface area contributed by atoms with Crippen LogP contribution in [-0.2, 0) is 22.4 Å². The summed E-state index contributed by atoms with van der Waals surface area (Å²) in [5.74, 6) is -0.530. The number of hydrogen-bond donors (Lipinski definition) is 2. The number of nitrogens with one attached hydrogen (secondary N) is 1. The van der Waals surface area contributed by atoms with Crippen molar-refractivity contribution in [2.24, 2.45) is 5.73 Å². The molecule has 8 nitrogen and oxygen atoms in total. The van der Waals surface area contributed by atoms with Gasteiger partial charge in [-0.1, -0.05) is 30.0 Å². The normalized spacial score (nSPS) is 15.5. The number of primary amides is 1. The van der Waals surface area contributed by atoms with Crippen molar-refractivity contribution in [3.8, 4) is 0 Å². The molecule has 2 aliphatic carbocycles. The van der Waals surface area contributed by atoms with Crippen LogP contribution in [0.4, 0.5) is 10.1 Å². The quantitative estimate of drug-likeness (QED) is 0.456. The molecule has 3 amide bonds. The molecule has 0 spiro atoms. The van der Waals surface area contributed by atoms with E-state index >= 15 is 0 Å². The van der Waals surface area contributed by atoms with E-state index < -0.39 is 5.91 Å². The second kappa shape index (κ2) is 9.03. The van der Waals surface area contributed by atoms with Gasteiger partial charge in [-0.05, 0) is 44.1 Å². The lowest BCUT2D eigenvalue weighted by atomic mass is 9.95. The van der Waals surface area contributed by atoms with Gasteiger partial charge in [0.2, 0.25) is 16.9 Å². The molecule has 160 valence electrons. The lowest BCUT2D eigenvalue weighted by molar-refractivity contribution is -0.118. The Morgan fingerprint density at radius 2 is 1.97 bits per heavy atom. The van der Waals surface area contributed by atoms with Gasteiger partial charge < -0.3 is 11.1 Å². The molecule has 4 rings (SSSR count). The average molecular weight is 466 g/mol. The number of carbonyl (C=O) groups is 3. The van der Waals surface area contributed by atoms with Crippen molar-refractivity contribution in [3.05, 3.63) is 16.0 Å². The monoisotopic (exact) mass is 465 g/mol. The SMILES string of the molecule is CCC(=O)N(c1nnc(SCC(=O)Nc2sc3c(c2C(N)=O)CCCC3)s1)C1CC1. The Labute approximate surface area is 186 Å². The molecular formula is C19H23N5O3S3. The second-order valence-corrected chi connectivity index (χ2v) is 10.6. The van der Waals surface area contributed by atoms with Crippen molar-refractivity contribution in [2.45, 2.75) is 62.3 Å². The molecule has 2 aliphatic rings. The van der Waals surface area contributed by atoms with Crippen molar-refractivity contribution in [1.29, 1.82) is 0 Å². The number of amides is 3. The first kappa shape index (κ1) is 21.3. The van der Waals surface area contributed by atoms with Gasteiger partial charge >= 0.3 is 0 Å². The van der Waals surface area contributed by atoms with E-state index in [1.54, 1.807) is 4.90 Å². The Bertz CT molecular complexity index is 982. The van der Waals surface area contributed by atoms with Gasteiger partial charge in [-0.3, -0.25) is 19.3 Å². The molecule has 30 heavy (non-hydrogen) atoms. The number of nitrogens with two attached hydrogens (primary N) is 1. The molecule has 11 heteroatoms. The zero-order valence-electron chi connectivity index (χ0n) is 16.6. The third-order valence-electron chi connectivity index (χ3n) is 5.08. The Hall–Kier alpha value is -1.98. The number of thiophene rings is 1. The highest BCUT2D eigenvalue weighted by Gasteiger charge is 2.35. The number of fused-ring (bicyclic) bond motifs is 1. The summed E-state index contributed by atoms with van der Waals surface area (Å²) < 4.78 is 0.635. The largest absolute Gasteiger partial charge is 0.365 e. The van der Waals surface area contributed by atoms with Crippen LogP contribution in [0.3, 0.4) is 0 Å². The topological polar surface area (TPSA) is 118 Å². The number of rotatable bonds is 8. The highest BCUT2D eigenvalue weighted by molar-refractivity contribution is 8.01. The summed E-state index contributed by atoms with van der Waals surface area (Å²) in [5, 5.41) is 12.3. The van der Waals surface area contributed by atoms with E-state index in [9.17, 15) is 14.4 Å². The van der Waals surface area contributed by atoms with Crippen LogP contribution in [0.15, 0.2) is 4.34 Å². The standard InChI is InChI=1S/C19H23N5O3S3/c1-2-14(26)24(10-7-8-10)18-22-23-19(30-18)28-9-13(25)21-17-15(16(20)27)11-5-3-4-6-12(11)29-17/h10H,2-9H2,1H3,(H2,20,27)(H,21,25). The van der Waals surface area contributed by atoms with Crippen LogP contribution in [0.2, 0.25) is 0 Å². The Morgan fingerprint density at radius 1 is 1.20 bits per heavy atom. The Kier molecular flexibility index (Phi) is 6.40. The number of nitrogens with zero attached hydrogens (tertiary/aromatic N) is 3. The predicted molar refractivity (Wildman–Crippen MR) is 120 cm³/mol. The van der Waals surface area contributed by atoms with Crippen LogP contribution in [-0.4, -0.2) is 39.7 Å². The molecule has 2 aromatic rings. The van der Waals surface area contributed by atoms with E-state index in [1.165, 1.54) is 34.4 Å². The Balaban J connectivity index is 1.39. The molecule has 2 heterocycles. The number of anilines is 2. The van der Waals surface area contributed by atoms with Crippen molar-refractivity contribution < 1.29 is 14.4 Å². The van der Waals surface area contributed by atoms with Gasteiger partial charge in [-0.25, -0.2) is 0 Å². The molecule has 0 aliphatic heterocycles. The summed E-state index contributed by atoms with van der Waals surface area (Å²) in [5.41, 5.74) is 7.04. The Morgan fingerprint density at radius 3 is 2.67 bits per heavy atom.